The Bertz CT molecular complexity index is 592. The molecule has 0 amide bonds. The molecule has 0 fully saturated rings. The smallest absolute Gasteiger partial charge is 0.311 e. The fraction of sp³-hybridized carbons (Fsp3) is 0.353. The highest BCUT2D eigenvalue weighted by molar-refractivity contribution is 5.83. The average Bonchev–Trinajstić information content (AvgIpc) is 2.47. The van der Waals surface area contributed by atoms with Crippen LogP contribution >= 0.6 is 0 Å². The molecule has 0 radical (unpaired) electrons. The Morgan fingerprint density at radius 2 is 1.85 bits per heavy atom. The van der Waals surface area contributed by atoms with E-state index in [1.807, 2.05) is 49.4 Å². The molecule has 0 aromatic heterocycles. The zero-order chi connectivity index (χ0) is 14.5. The number of aliphatic hydroxyl groups excluding tert-OH is 1. The van der Waals surface area contributed by atoms with E-state index in [1.165, 1.54) is 0 Å². The van der Waals surface area contributed by atoms with E-state index in [2.05, 4.69) is 0 Å². The van der Waals surface area contributed by atoms with Crippen molar-refractivity contribution in [3.05, 3.63) is 48.0 Å². The van der Waals surface area contributed by atoms with Crippen LogP contribution in [-0.2, 0) is 9.53 Å². The quantitative estimate of drug-likeness (QED) is 0.848. The number of aliphatic hydroxyl groups is 1. The van der Waals surface area contributed by atoms with Gasteiger partial charge in [0.2, 0.25) is 0 Å². The number of hydrogen-bond acceptors (Lipinski definition) is 3. The summed E-state index contributed by atoms with van der Waals surface area (Å²) in [7, 11) is 0. The molecule has 0 spiro atoms. The van der Waals surface area contributed by atoms with E-state index in [9.17, 15) is 9.90 Å². The molecular weight excluding hydrogens is 252 g/mol. The van der Waals surface area contributed by atoms with Crippen LogP contribution in [0.1, 0.15) is 31.9 Å². The SMILES string of the molecule is CCOC(=O)C(CC)C(O)c1ccc2ccccc2c1. The predicted octanol–water partition coefficient (Wildman–Crippen LogP) is 3.46. The highest BCUT2D eigenvalue weighted by Gasteiger charge is 2.27. The normalized spacial score (nSPS) is 13.9. The van der Waals surface area contributed by atoms with Gasteiger partial charge in [-0.05, 0) is 35.7 Å². The summed E-state index contributed by atoms with van der Waals surface area (Å²) in [6.45, 7) is 3.98. The van der Waals surface area contributed by atoms with Crippen molar-refractivity contribution >= 4 is 16.7 Å². The van der Waals surface area contributed by atoms with Crippen molar-refractivity contribution in [2.45, 2.75) is 26.4 Å². The van der Waals surface area contributed by atoms with E-state index in [0.717, 1.165) is 16.3 Å². The summed E-state index contributed by atoms with van der Waals surface area (Å²) in [4.78, 5) is 11.9. The van der Waals surface area contributed by atoms with E-state index < -0.39 is 12.0 Å². The largest absolute Gasteiger partial charge is 0.466 e. The van der Waals surface area contributed by atoms with Gasteiger partial charge >= 0.3 is 5.97 Å². The van der Waals surface area contributed by atoms with E-state index >= 15 is 0 Å². The summed E-state index contributed by atoms with van der Waals surface area (Å²) in [5, 5.41) is 12.6. The maximum atomic E-state index is 11.9. The molecule has 0 heterocycles. The fourth-order valence-corrected chi connectivity index (χ4v) is 2.39. The Labute approximate surface area is 119 Å². The van der Waals surface area contributed by atoms with Gasteiger partial charge in [0, 0.05) is 0 Å². The number of carbonyl (C=O) groups excluding carboxylic acids is 1. The van der Waals surface area contributed by atoms with E-state index in [-0.39, 0.29) is 5.97 Å². The molecule has 20 heavy (non-hydrogen) atoms. The zero-order valence-electron chi connectivity index (χ0n) is 11.9. The van der Waals surface area contributed by atoms with Gasteiger partial charge in [-0.25, -0.2) is 0 Å². The van der Waals surface area contributed by atoms with Crippen LogP contribution in [0.25, 0.3) is 10.8 Å². The van der Waals surface area contributed by atoms with Crippen molar-refractivity contribution in [2.24, 2.45) is 5.92 Å². The molecule has 2 unspecified atom stereocenters. The summed E-state index contributed by atoms with van der Waals surface area (Å²) in [6.07, 6.45) is -0.282. The Kier molecular flexibility index (Phi) is 4.74. The fourth-order valence-electron chi connectivity index (χ4n) is 2.39. The van der Waals surface area contributed by atoms with Crippen molar-refractivity contribution < 1.29 is 14.6 Å². The Morgan fingerprint density at radius 3 is 2.50 bits per heavy atom. The third-order valence-corrected chi connectivity index (χ3v) is 3.53. The van der Waals surface area contributed by atoms with Crippen LogP contribution in [0.15, 0.2) is 42.5 Å². The molecule has 2 aromatic rings. The summed E-state index contributed by atoms with van der Waals surface area (Å²) in [6, 6.07) is 13.7. The molecule has 106 valence electrons. The second kappa shape index (κ2) is 6.53. The van der Waals surface area contributed by atoms with E-state index in [1.54, 1.807) is 6.92 Å². The zero-order valence-corrected chi connectivity index (χ0v) is 11.9. The molecule has 0 aliphatic heterocycles. The molecule has 0 aliphatic carbocycles. The first-order valence-electron chi connectivity index (χ1n) is 7.00. The molecule has 0 bridgehead atoms. The van der Waals surface area contributed by atoms with Crippen LogP contribution in [0, 0.1) is 5.92 Å². The summed E-state index contributed by atoms with van der Waals surface area (Å²) < 4.78 is 5.03. The average molecular weight is 272 g/mol. The first-order chi connectivity index (χ1) is 9.67. The first kappa shape index (κ1) is 14.5. The molecule has 2 atom stereocenters. The van der Waals surface area contributed by atoms with E-state index in [0.29, 0.717) is 13.0 Å². The molecule has 0 saturated carbocycles. The van der Waals surface area contributed by atoms with Gasteiger partial charge < -0.3 is 9.84 Å². The van der Waals surface area contributed by atoms with Gasteiger partial charge in [0.1, 0.15) is 0 Å². The monoisotopic (exact) mass is 272 g/mol. The lowest BCUT2D eigenvalue weighted by Crippen LogP contribution is -2.24. The number of benzene rings is 2. The van der Waals surface area contributed by atoms with Crippen molar-refractivity contribution in [3.8, 4) is 0 Å². The Morgan fingerprint density at radius 1 is 1.15 bits per heavy atom. The third kappa shape index (κ3) is 2.99. The molecular formula is C17H20O3. The summed E-state index contributed by atoms with van der Waals surface area (Å²) in [5.41, 5.74) is 0.753. The van der Waals surface area contributed by atoms with Gasteiger partial charge in [0.25, 0.3) is 0 Å². The molecule has 2 aromatic carbocycles. The van der Waals surface area contributed by atoms with Gasteiger partial charge in [-0.3, -0.25) is 4.79 Å². The molecule has 3 nitrogen and oxygen atoms in total. The Balaban J connectivity index is 2.29. The standard InChI is InChI=1S/C17H20O3/c1-3-15(17(19)20-4-2)16(18)14-10-9-12-7-5-6-8-13(12)11-14/h5-11,15-16,18H,3-4H2,1-2H3. The second-order valence-corrected chi connectivity index (χ2v) is 4.82. The van der Waals surface area contributed by atoms with Gasteiger partial charge in [-0.1, -0.05) is 43.3 Å². The lowest BCUT2D eigenvalue weighted by atomic mass is 9.92. The second-order valence-electron chi connectivity index (χ2n) is 4.82. The lowest BCUT2D eigenvalue weighted by molar-refractivity contribution is -0.152. The van der Waals surface area contributed by atoms with Gasteiger partial charge in [-0.2, -0.15) is 0 Å². The molecule has 2 rings (SSSR count). The van der Waals surface area contributed by atoms with Crippen LogP contribution in [0.2, 0.25) is 0 Å². The lowest BCUT2D eigenvalue weighted by Gasteiger charge is -2.20. The van der Waals surface area contributed by atoms with Gasteiger partial charge in [0.05, 0.1) is 18.6 Å². The van der Waals surface area contributed by atoms with Crippen molar-refractivity contribution in [2.75, 3.05) is 6.61 Å². The van der Waals surface area contributed by atoms with Crippen LogP contribution < -0.4 is 0 Å². The molecule has 3 heteroatoms. The number of carbonyl (C=O) groups is 1. The predicted molar refractivity (Wildman–Crippen MR) is 79.3 cm³/mol. The van der Waals surface area contributed by atoms with Gasteiger partial charge in [-0.15, -0.1) is 0 Å². The Hall–Kier alpha value is -1.87. The minimum atomic E-state index is -0.830. The third-order valence-electron chi connectivity index (χ3n) is 3.53. The number of esters is 1. The number of fused-ring (bicyclic) bond motifs is 1. The maximum absolute atomic E-state index is 11.9. The number of hydrogen-bond donors (Lipinski definition) is 1. The van der Waals surface area contributed by atoms with Crippen LogP contribution in [0.4, 0.5) is 0 Å². The van der Waals surface area contributed by atoms with Crippen LogP contribution in [-0.4, -0.2) is 17.7 Å². The minimum absolute atomic E-state index is 0.333. The molecule has 1 N–H and O–H groups in total. The first-order valence-corrected chi connectivity index (χ1v) is 7.00. The highest BCUT2D eigenvalue weighted by atomic mass is 16.5. The number of ether oxygens (including phenoxy) is 1. The maximum Gasteiger partial charge on any atom is 0.311 e. The van der Waals surface area contributed by atoms with Crippen molar-refractivity contribution in [3.63, 3.8) is 0 Å². The highest BCUT2D eigenvalue weighted by Crippen LogP contribution is 2.28. The minimum Gasteiger partial charge on any atom is -0.466 e. The topological polar surface area (TPSA) is 46.5 Å². The van der Waals surface area contributed by atoms with Crippen LogP contribution in [0.5, 0.6) is 0 Å². The van der Waals surface area contributed by atoms with Crippen LogP contribution in [0.3, 0.4) is 0 Å². The summed E-state index contributed by atoms with van der Waals surface area (Å²) >= 11 is 0. The van der Waals surface area contributed by atoms with Gasteiger partial charge in [0.15, 0.2) is 0 Å². The van der Waals surface area contributed by atoms with Crippen molar-refractivity contribution in [1.29, 1.82) is 0 Å². The molecule has 0 saturated heterocycles. The van der Waals surface area contributed by atoms with E-state index in [4.69, 9.17) is 4.74 Å². The number of rotatable bonds is 5. The van der Waals surface area contributed by atoms with Crippen molar-refractivity contribution in [1.82, 2.24) is 0 Å². The summed E-state index contributed by atoms with van der Waals surface area (Å²) in [5.74, 6) is -0.855. The molecule has 0 aliphatic rings.